The third-order valence-corrected chi connectivity index (χ3v) is 5.94. The number of carbonyl (C=O) groups is 4. The van der Waals surface area contributed by atoms with Gasteiger partial charge in [-0.25, -0.2) is 0 Å². The van der Waals surface area contributed by atoms with Crippen molar-refractivity contribution in [3.8, 4) is 0 Å². The van der Waals surface area contributed by atoms with Crippen molar-refractivity contribution >= 4 is 29.6 Å². The van der Waals surface area contributed by atoms with E-state index in [2.05, 4.69) is 5.16 Å². The summed E-state index contributed by atoms with van der Waals surface area (Å²) in [5.74, 6) is -2.55. The van der Waals surface area contributed by atoms with Crippen molar-refractivity contribution in [3.05, 3.63) is 0 Å². The molecule has 3 rings (SSSR count). The van der Waals surface area contributed by atoms with Crippen LogP contribution in [0.15, 0.2) is 5.16 Å². The van der Waals surface area contributed by atoms with Gasteiger partial charge in [0.2, 0.25) is 0 Å². The van der Waals surface area contributed by atoms with Crippen LogP contribution in [0, 0.1) is 0 Å². The van der Waals surface area contributed by atoms with Crippen molar-refractivity contribution in [2.45, 2.75) is 102 Å². The molecule has 0 aromatic rings. The van der Waals surface area contributed by atoms with Crippen LogP contribution in [0.5, 0.6) is 0 Å². The third kappa shape index (κ3) is 6.21. The smallest absolute Gasteiger partial charge is 0.303 e. The van der Waals surface area contributed by atoms with Crippen LogP contribution in [0.2, 0.25) is 0 Å². The first-order valence-electron chi connectivity index (χ1n) is 11.2. The van der Waals surface area contributed by atoms with Crippen molar-refractivity contribution in [2.24, 2.45) is 5.16 Å². The number of carbonyl (C=O) groups excluding carboxylic acids is 4. The zero-order chi connectivity index (χ0) is 24.2. The molecular formula is C22H31NO10. The molecule has 2 aliphatic heterocycles. The second kappa shape index (κ2) is 10.5. The minimum absolute atomic E-state index is 0.270. The van der Waals surface area contributed by atoms with E-state index in [0.29, 0.717) is 12.1 Å². The van der Waals surface area contributed by atoms with Gasteiger partial charge < -0.3 is 28.5 Å². The molecule has 0 aromatic heterocycles. The van der Waals surface area contributed by atoms with Crippen molar-refractivity contribution < 1.29 is 47.7 Å². The molecule has 11 nitrogen and oxygen atoms in total. The Labute approximate surface area is 192 Å². The lowest BCUT2D eigenvalue weighted by atomic mass is 9.79. The van der Waals surface area contributed by atoms with Crippen molar-refractivity contribution in [1.29, 1.82) is 0 Å². The summed E-state index contributed by atoms with van der Waals surface area (Å²) in [5.41, 5.74) is 0.0571. The van der Waals surface area contributed by atoms with E-state index in [1.807, 2.05) is 0 Å². The van der Waals surface area contributed by atoms with Crippen LogP contribution in [0.3, 0.4) is 0 Å². The summed E-state index contributed by atoms with van der Waals surface area (Å²) in [5, 5.41) is 4.27. The Morgan fingerprint density at radius 2 is 1.42 bits per heavy atom. The highest BCUT2D eigenvalue weighted by Gasteiger charge is 2.55. The van der Waals surface area contributed by atoms with Gasteiger partial charge in [-0.1, -0.05) is 11.6 Å². The number of hydrogen-bond donors (Lipinski definition) is 0. The van der Waals surface area contributed by atoms with Crippen LogP contribution in [0.1, 0.15) is 66.2 Å². The van der Waals surface area contributed by atoms with Gasteiger partial charge in [0.05, 0.1) is 5.71 Å². The summed E-state index contributed by atoms with van der Waals surface area (Å²) in [6.45, 7) is 4.54. The average molecular weight is 469 g/mol. The molecule has 2 fully saturated rings. The third-order valence-electron chi connectivity index (χ3n) is 5.94. The largest absolute Gasteiger partial charge is 0.463 e. The molecule has 3 aliphatic rings. The van der Waals surface area contributed by atoms with Gasteiger partial charge in [-0.3, -0.25) is 19.2 Å². The molecule has 0 N–H and O–H groups in total. The second-order valence-electron chi connectivity index (χ2n) is 8.71. The molecule has 1 aliphatic carbocycles. The monoisotopic (exact) mass is 469 g/mol. The Morgan fingerprint density at radius 3 is 2.00 bits per heavy atom. The van der Waals surface area contributed by atoms with Crippen molar-refractivity contribution in [1.82, 2.24) is 0 Å². The highest BCUT2D eigenvalue weighted by molar-refractivity contribution is 5.91. The number of esters is 4. The van der Waals surface area contributed by atoms with Gasteiger partial charge in [-0.2, -0.15) is 0 Å². The minimum Gasteiger partial charge on any atom is -0.463 e. The van der Waals surface area contributed by atoms with E-state index in [0.717, 1.165) is 32.1 Å². The predicted octanol–water partition coefficient (Wildman–Crippen LogP) is 1.59. The first-order valence-corrected chi connectivity index (χ1v) is 11.2. The zero-order valence-electron chi connectivity index (χ0n) is 19.4. The van der Waals surface area contributed by atoms with Crippen molar-refractivity contribution in [3.63, 3.8) is 0 Å². The fourth-order valence-electron chi connectivity index (χ4n) is 4.66. The summed E-state index contributed by atoms with van der Waals surface area (Å²) in [6, 6.07) is 0. The molecule has 0 radical (unpaired) electrons. The zero-order valence-corrected chi connectivity index (χ0v) is 19.4. The molecule has 0 amide bonds. The maximum absolute atomic E-state index is 12.0. The van der Waals surface area contributed by atoms with Gasteiger partial charge in [-0.05, 0) is 25.7 Å². The molecule has 1 spiro atoms. The first kappa shape index (κ1) is 24.9. The van der Waals surface area contributed by atoms with E-state index < -0.39 is 60.0 Å². The van der Waals surface area contributed by atoms with Crippen molar-refractivity contribution in [2.75, 3.05) is 6.61 Å². The lowest BCUT2D eigenvalue weighted by molar-refractivity contribution is -0.241. The molecule has 0 unspecified atom stereocenters. The topological polar surface area (TPSA) is 136 Å². The molecule has 1 saturated heterocycles. The lowest BCUT2D eigenvalue weighted by Crippen LogP contribution is -2.64. The highest BCUT2D eigenvalue weighted by atomic mass is 16.7. The summed E-state index contributed by atoms with van der Waals surface area (Å²) in [7, 11) is 0. The normalized spacial score (nSPS) is 30.5. The van der Waals surface area contributed by atoms with E-state index in [4.69, 9.17) is 28.5 Å². The fraction of sp³-hybridized carbons (Fsp3) is 0.773. The van der Waals surface area contributed by atoms with Gasteiger partial charge in [0.1, 0.15) is 24.4 Å². The Morgan fingerprint density at radius 1 is 0.848 bits per heavy atom. The maximum atomic E-state index is 12.0. The van der Waals surface area contributed by atoms with Gasteiger partial charge >= 0.3 is 23.9 Å². The molecule has 2 heterocycles. The molecule has 1 saturated carbocycles. The molecule has 184 valence electrons. The van der Waals surface area contributed by atoms with E-state index >= 15 is 0 Å². The van der Waals surface area contributed by atoms with Crippen LogP contribution in [0.4, 0.5) is 0 Å². The van der Waals surface area contributed by atoms with E-state index in [1.54, 1.807) is 0 Å². The van der Waals surface area contributed by atoms with Crippen LogP contribution in [0.25, 0.3) is 0 Å². The molecule has 0 aromatic carbocycles. The Bertz CT molecular complexity index is 803. The average Bonchev–Trinajstić information content (AvgIpc) is 3.12. The number of rotatable bonds is 6. The van der Waals surface area contributed by atoms with E-state index in [1.165, 1.54) is 27.7 Å². The fourth-order valence-corrected chi connectivity index (χ4v) is 4.66. The SMILES string of the molecule is CC(=O)OC[C@H]1O[C@@H](C2=NOC3(CCCCC3)C2)[C@H](OC(C)=O)[C@@H](OC(C)=O)[C@@H]1OC(C)=O. The van der Waals surface area contributed by atoms with Crippen LogP contribution in [-0.4, -0.2) is 72.3 Å². The summed E-state index contributed by atoms with van der Waals surface area (Å²) < 4.78 is 27.6. The standard InChI is InChI=1S/C22H31NO10/c1-12(24)28-11-17-19(29-13(2)25)21(31-15(4)27)20(30-14(3)26)18(32-17)16-10-22(33-23-16)8-6-5-7-9-22/h17-21H,5-11H2,1-4H3/t17-,18+,19-,20+,21+/m1/s1. The quantitative estimate of drug-likeness (QED) is 0.417. The van der Waals surface area contributed by atoms with E-state index in [9.17, 15) is 19.2 Å². The maximum Gasteiger partial charge on any atom is 0.303 e. The summed E-state index contributed by atoms with van der Waals surface area (Å²) in [4.78, 5) is 53.0. The molecule has 0 bridgehead atoms. The second-order valence-corrected chi connectivity index (χ2v) is 8.71. The number of oxime groups is 1. The minimum atomic E-state index is -1.21. The Kier molecular flexibility index (Phi) is 7.93. The lowest BCUT2D eigenvalue weighted by Gasteiger charge is -2.44. The first-order chi connectivity index (χ1) is 15.6. The summed E-state index contributed by atoms with van der Waals surface area (Å²) >= 11 is 0. The number of hydrogen-bond acceptors (Lipinski definition) is 11. The predicted molar refractivity (Wildman–Crippen MR) is 111 cm³/mol. The molecule has 11 heteroatoms. The van der Waals surface area contributed by atoms with Gasteiger partial charge in [0, 0.05) is 34.1 Å². The molecule has 5 atom stereocenters. The van der Waals surface area contributed by atoms with Gasteiger partial charge in [0.25, 0.3) is 0 Å². The van der Waals surface area contributed by atoms with Crippen LogP contribution < -0.4 is 0 Å². The molecule has 33 heavy (non-hydrogen) atoms. The van der Waals surface area contributed by atoms with Crippen LogP contribution >= 0.6 is 0 Å². The Balaban J connectivity index is 1.94. The number of ether oxygens (including phenoxy) is 5. The summed E-state index contributed by atoms with van der Waals surface area (Å²) in [6.07, 6.45) is -0.195. The van der Waals surface area contributed by atoms with E-state index in [-0.39, 0.29) is 6.61 Å². The van der Waals surface area contributed by atoms with Crippen LogP contribution in [-0.2, 0) is 47.7 Å². The Hall–Kier alpha value is -2.69. The van der Waals surface area contributed by atoms with Gasteiger partial charge in [0.15, 0.2) is 18.3 Å². The highest BCUT2D eigenvalue weighted by Crippen LogP contribution is 2.41. The number of nitrogens with zero attached hydrogens (tertiary/aromatic N) is 1. The molecular weight excluding hydrogens is 438 g/mol. The van der Waals surface area contributed by atoms with Gasteiger partial charge in [-0.15, -0.1) is 0 Å².